The zero-order chi connectivity index (χ0) is 23.9. The Morgan fingerprint density at radius 2 is 1.76 bits per heavy atom. The molecule has 182 valence electrons. The van der Waals surface area contributed by atoms with E-state index in [1.807, 2.05) is 41.0 Å². The Morgan fingerprint density at radius 3 is 2.53 bits per heavy atom. The number of hydrogen-bond acceptors (Lipinski definition) is 5. The molecule has 2 aromatic rings. The standard InChI is InChI=1S/C26H34N4O4/c1-2-29-17-9-3-4-10-18-30(26(33)20-15-16-24(31)28-27-20)21-12-6-8-14-23(21)34-22-13-7-5-11-19(22)25(29)32/h5,7,11,13,15-16,21,23H,2-4,6,8-10,12,14,17-18H2,1H3,(H,28,31)/t21-,23+/m1/s1. The molecular formula is C26H34N4O4. The van der Waals surface area contributed by atoms with Crippen LogP contribution in [0.2, 0.25) is 0 Å². The van der Waals surface area contributed by atoms with Crippen molar-refractivity contribution < 1.29 is 14.3 Å². The normalized spacial score (nSPS) is 22.2. The lowest BCUT2D eigenvalue weighted by Gasteiger charge is -2.40. The SMILES string of the molecule is CCN1CCCCCCN(C(=O)c2ccc(=O)[nH]n2)[C@@H]2CCCC[C@@H]2Oc2ccccc2C1=O. The molecule has 34 heavy (non-hydrogen) atoms. The van der Waals surface area contributed by atoms with Gasteiger partial charge in [0.25, 0.3) is 17.4 Å². The van der Waals surface area contributed by atoms with E-state index in [0.717, 1.165) is 51.4 Å². The Bertz CT molecular complexity index is 1030. The molecule has 1 N–H and O–H groups in total. The van der Waals surface area contributed by atoms with Gasteiger partial charge in [0.15, 0.2) is 0 Å². The number of aromatic nitrogens is 2. The zero-order valence-corrected chi connectivity index (χ0v) is 19.9. The minimum absolute atomic E-state index is 0.00658. The van der Waals surface area contributed by atoms with Crippen LogP contribution in [0, 0.1) is 0 Å². The van der Waals surface area contributed by atoms with E-state index in [2.05, 4.69) is 10.2 Å². The van der Waals surface area contributed by atoms with Crippen LogP contribution in [0.1, 0.15) is 79.1 Å². The van der Waals surface area contributed by atoms with Crippen molar-refractivity contribution in [2.45, 2.75) is 70.4 Å². The van der Waals surface area contributed by atoms with Crippen LogP contribution in [0.5, 0.6) is 5.75 Å². The van der Waals surface area contributed by atoms with Gasteiger partial charge < -0.3 is 14.5 Å². The summed E-state index contributed by atoms with van der Waals surface area (Å²) in [5.41, 5.74) is 0.476. The Morgan fingerprint density at radius 1 is 1.00 bits per heavy atom. The quantitative estimate of drug-likeness (QED) is 0.729. The van der Waals surface area contributed by atoms with Crippen LogP contribution in [-0.4, -0.2) is 63.6 Å². The lowest BCUT2D eigenvalue weighted by atomic mass is 9.90. The van der Waals surface area contributed by atoms with Crippen molar-refractivity contribution in [3.8, 4) is 5.75 Å². The van der Waals surface area contributed by atoms with Crippen molar-refractivity contribution in [3.63, 3.8) is 0 Å². The third-order valence-corrected chi connectivity index (χ3v) is 6.87. The van der Waals surface area contributed by atoms with Crippen LogP contribution in [0.15, 0.2) is 41.2 Å². The van der Waals surface area contributed by atoms with Crippen molar-refractivity contribution >= 4 is 11.8 Å². The molecule has 0 saturated heterocycles. The van der Waals surface area contributed by atoms with Crippen LogP contribution in [-0.2, 0) is 0 Å². The molecule has 4 rings (SSSR count). The average molecular weight is 467 g/mol. The van der Waals surface area contributed by atoms with Gasteiger partial charge in [0.1, 0.15) is 17.5 Å². The van der Waals surface area contributed by atoms with E-state index in [4.69, 9.17) is 4.74 Å². The molecule has 2 heterocycles. The van der Waals surface area contributed by atoms with E-state index in [-0.39, 0.29) is 35.2 Å². The first-order chi connectivity index (χ1) is 16.6. The van der Waals surface area contributed by atoms with Gasteiger partial charge in [0.05, 0.1) is 11.6 Å². The van der Waals surface area contributed by atoms with Gasteiger partial charge in [-0.2, -0.15) is 5.10 Å². The number of H-pyrrole nitrogens is 1. The van der Waals surface area contributed by atoms with Gasteiger partial charge >= 0.3 is 0 Å². The second-order valence-corrected chi connectivity index (χ2v) is 9.11. The molecule has 1 saturated carbocycles. The van der Waals surface area contributed by atoms with Gasteiger partial charge in [-0.25, -0.2) is 5.10 Å². The van der Waals surface area contributed by atoms with Crippen molar-refractivity contribution in [1.29, 1.82) is 0 Å². The summed E-state index contributed by atoms with van der Waals surface area (Å²) in [4.78, 5) is 42.1. The number of fused-ring (bicyclic) bond motifs is 2. The maximum absolute atomic E-state index is 13.5. The van der Waals surface area contributed by atoms with Crippen molar-refractivity contribution in [3.05, 3.63) is 58.0 Å². The minimum atomic E-state index is -0.334. The molecule has 0 unspecified atom stereocenters. The van der Waals surface area contributed by atoms with Gasteiger partial charge in [-0.1, -0.05) is 31.4 Å². The van der Waals surface area contributed by atoms with Crippen LogP contribution < -0.4 is 10.3 Å². The van der Waals surface area contributed by atoms with Gasteiger partial charge in [0.2, 0.25) is 0 Å². The van der Waals surface area contributed by atoms with E-state index in [0.29, 0.717) is 30.9 Å². The Kier molecular flexibility index (Phi) is 7.98. The number of nitrogens with one attached hydrogen (secondary N) is 1. The van der Waals surface area contributed by atoms with Gasteiger partial charge in [-0.15, -0.1) is 0 Å². The highest BCUT2D eigenvalue weighted by Crippen LogP contribution is 2.31. The lowest BCUT2D eigenvalue weighted by molar-refractivity contribution is 0.0262. The van der Waals surface area contributed by atoms with E-state index in [1.165, 1.54) is 12.1 Å². The van der Waals surface area contributed by atoms with E-state index >= 15 is 0 Å². The number of carbonyl (C=O) groups is 2. The van der Waals surface area contributed by atoms with Crippen LogP contribution in [0.3, 0.4) is 0 Å². The maximum Gasteiger partial charge on any atom is 0.274 e. The summed E-state index contributed by atoms with van der Waals surface area (Å²) in [6, 6.07) is 10.1. The number of ether oxygens (including phenoxy) is 1. The number of amides is 2. The van der Waals surface area contributed by atoms with Crippen molar-refractivity contribution in [1.82, 2.24) is 20.0 Å². The van der Waals surface area contributed by atoms with Gasteiger partial charge in [0, 0.05) is 25.7 Å². The molecule has 0 bridgehead atoms. The van der Waals surface area contributed by atoms with Crippen LogP contribution >= 0.6 is 0 Å². The summed E-state index contributed by atoms with van der Waals surface area (Å²) in [5, 5.41) is 6.37. The molecule has 0 spiro atoms. The molecule has 1 fully saturated rings. The predicted octanol–water partition coefficient (Wildman–Crippen LogP) is 3.64. The van der Waals surface area contributed by atoms with E-state index in [1.54, 1.807) is 0 Å². The van der Waals surface area contributed by atoms with Crippen molar-refractivity contribution in [2.75, 3.05) is 19.6 Å². The van der Waals surface area contributed by atoms with Crippen molar-refractivity contribution in [2.24, 2.45) is 0 Å². The topological polar surface area (TPSA) is 95.6 Å². The first-order valence-corrected chi connectivity index (χ1v) is 12.5. The number of hydrogen-bond donors (Lipinski definition) is 1. The third-order valence-electron chi connectivity index (χ3n) is 6.87. The first-order valence-electron chi connectivity index (χ1n) is 12.5. The fraction of sp³-hybridized carbons (Fsp3) is 0.538. The molecule has 1 aliphatic carbocycles. The van der Waals surface area contributed by atoms with E-state index in [9.17, 15) is 14.4 Å². The molecule has 2 aliphatic rings. The zero-order valence-electron chi connectivity index (χ0n) is 19.9. The molecule has 8 nitrogen and oxygen atoms in total. The monoisotopic (exact) mass is 466 g/mol. The Hall–Kier alpha value is -3.16. The highest BCUT2D eigenvalue weighted by molar-refractivity contribution is 5.97. The number of para-hydroxylation sites is 1. The molecule has 2 amide bonds. The predicted molar refractivity (Wildman–Crippen MR) is 129 cm³/mol. The smallest absolute Gasteiger partial charge is 0.274 e. The molecule has 0 radical (unpaired) electrons. The Balaban J connectivity index is 1.68. The van der Waals surface area contributed by atoms with Gasteiger partial charge in [-0.05, 0) is 57.2 Å². The molecule has 8 heteroatoms. The van der Waals surface area contributed by atoms with E-state index < -0.39 is 0 Å². The fourth-order valence-corrected chi connectivity index (χ4v) is 5.02. The molecule has 2 atom stereocenters. The fourth-order valence-electron chi connectivity index (χ4n) is 5.02. The van der Waals surface area contributed by atoms with Gasteiger partial charge in [-0.3, -0.25) is 14.4 Å². The summed E-state index contributed by atoms with van der Waals surface area (Å²) in [7, 11) is 0. The Labute approximate surface area is 200 Å². The molecule has 1 aromatic carbocycles. The summed E-state index contributed by atoms with van der Waals surface area (Å²) in [5.74, 6) is 0.382. The third kappa shape index (κ3) is 5.48. The number of carbonyl (C=O) groups excluding carboxylic acids is 2. The lowest BCUT2D eigenvalue weighted by Crippen LogP contribution is -2.51. The summed E-state index contributed by atoms with van der Waals surface area (Å²) < 4.78 is 6.52. The second kappa shape index (κ2) is 11.3. The highest BCUT2D eigenvalue weighted by atomic mass is 16.5. The summed E-state index contributed by atoms with van der Waals surface area (Å²) in [6.07, 6.45) is 7.21. The minimum Gasteiger partial charge on any atom is -0.487 e. The number of benzene rings is 1. The molecular weight excluding hydrogens is 432 g/mol. The maximum atomic E-state index is 13.5. The number of rotatable bonds is 2. The largest absolute Gasteiger partial charge is 0.487 e. The number of aromatic amines is 1. The van der Waals surface area contributed by atoms with Crippen LogP contribution in [0.25, 0.3) is 0 Å². The average Bonchev–Trinajstić information content (AvgIpc) is 2.86. The first kappa shape index (κ1) is 24.0. The summed E-state index contributed by atoms with van der Waals surface area (Å²) >= 11 is 0. The second-order valence-electron chi connectivity index (χ2n) is 9.11. The van der Waals surface area contributed by atoms with Crippen LogP contribution in [0.4, 0.5) is 0 Å². The number of nitrogens with zero attached hydrogens (tertiary/aromatic N) is 3. The molecule has 1 aliphatic heterocycles. The molecule has 1 aromatic heterocycles. The highest BCUT2D eigenvalue weighted by Gasteiger charge is 2.36. The summed E-state index contributed by atoms with van der Waals surface area (Å²) in [6.45, 7) is 3.99.